The molecule has 4 heteroatoms. The van der Waals surface area contributed by atoms with Crippen LogP contribution in [-0.2, 0) is 9.59 Å². The van der Waals surface area contributed by atoms with E-state index >= 15 is 0 Å². The number of nitrogens with two attached hydrogens (primary N) is 1. The van der Waals surface area contributed by atoms with Gasteiger partial charge in [-0.05, 0) is 26.7 Å². The van der Waals surface area contributed by atoms with Gasteiger partial charge in [-0.3, -0.25) is 9.59 Å². The van der Waals surface area contributed by atoms with Crippen LogP contribution < -0.4 is 5.73 Å². The number of Topliss-reactive ketones (excluding diaryl/α,β-unsaturated/α-hetero) is 1. The summed E-state index contributed by atoms with van der Waals surface area (Å²) in [6, 6.07) is 0. The third-order valence-corrected chi connectivity index (χ3v) is 4.49. The largest absolute Gasteiger partial charge is 0.369 e. The molecule has 0 radical (unpaired) electrons. The highest BCUT2D eigenvalue weighted by Crippen LogP contribution is 2.36. The van der Waals surface area contributed by atoms with E-state index in [2.05, 4.69) is 0 Å². The second-order valence-electron chi connectivity index (χ2n) is 3.42. The Bertz CT molecular complexity index is 224. The van der Waals surface area contributed by atoms with Gasteiger partial charge in [0.2, 0.25) is 5.91 Å². The van der Waals surface area contributed by atoms with E-state index in [0.29, 0.717) is 0 Å². The molecule has 0 aliphatic rings. The number of ketones is 1. The van der Waals surface area contributed by atoms with Gasteiger partial charge in [0.15, 0.2) is 0 Å². The molecule has 14 heavy (non-hydrogen) atoms. The smallest absolute Gasteiger partial charge is 0.230 e. The van der Waals surface area contributed by atoms with Crippen molar-refractivity contribution in [3.05, 3.63) is 0 Å². The lowest BCUT2D eigenvalue weighted by Crippen LogP contribution is -2.37. The van der Waals surface area contributed by atoms with E-state index in [-0.39, 0.29) is 16.9 Å². The van der Waals surface area contributed by atoms with E-state index in [1.807, 2.05) is 13.8 Å². The van der Waals surface area contributed by atoms with Gasteiger partial charge in [0.05, 0.1) is 10.00 Å². The molecule has 0 bridgehead atoms. The molecule has 0 unspecified atom stereocenters. The Kier molecular flexibility index (Phi) is 5.19. The third kappa shape index (κ3) is 3.01. The molecule has 2 N–H and O–H groups in total. The van der Waals surface area contributed by atoms with Crippen LogP contribution in [0.4, 0.5) is 0 Å². The van der Waals surface area contributed by atoms with Crippen LogP contribution in [0.2, 0.25) is 0 Å². The zero-order valence-electron chi connectivity index (χ0n) is 9.29. The number of hydrogen-bond donors (Lipinski definition) is 1. The van der Waals surface area contributed by atoms with Crippen LogP contribution in [-0.4, -0.2) is 21.7 Å². The number of carbonyl (C=O) groups is 2. The Labute approximate surface area is 89.8 Å². The predicted octanol–water partition coefficient (Wildman–Crippen LogP) is 1.74. The van der Waals surface area contributed by atoms with E-state index in [9.17, 15) is 9.59 Å². The molecule has 3 nitrogen and oxygen atoms in total. The van der Waals surface area contributed by atoms with Gasteiger partial charge in [-0.2, -0.15) is 0 Å². The first-order valence-corrected chi connectivity index (χ1v) is 5.75. The van der Waals surface area contributed by atoms with Gasteiger partial charge in [0, 0.05) is 0 Å². The molecule has 1 atom stereocenters. The molecular formula is C10H19NO2S. The van der Waals surface area contributed by atoms with E-state index in [0.717, 1.165) is 12.8 Å². The lowest BCUT2D eigenvalue weighted by molar-refractivity contribution is -0.119. The van der Waals surface area contributed by atoms with Crippen LogP contribution in [0, 0.1) is 0 Å². The van der Waals surface area contributed by atoms with E-state index in [4.69, 9.17) is 5.73 Å². The van der Waals surface area contributed by atoms with E-state index in [1.54, 1.807) is 13.8 Å². The molecule has 0 saturated carbocycles. The maximum absolute atomic E-state index is 11.5. The summed E-state index contributed by atoms with van der Waals surface area (Å²) < 4.78 is -0.436. The molecule has 0 aromatic rings. The molecule has 0 aliphatic carbocycles. The third-order valence-electron chi connectivity index (χ3n) is 2.59. The lowest BCUT2D eigenvalue weighted by Gasteiger charge is -2.30. The maximum Gasteiger partial charge on any atom is 0.230 e. The van der Waals surface area contributed by atoms with Crippen molar-refractivity contribution < 1.29 is 9.59 Å². The van der Waals surface area contributed by atoms with Crippen LogP contribution in [0.15, 0.2) is 0 Å². The van der Waals surface area contributed by atoms with Gasteiger partial charge in [-0.1, -0.05) is 13.8 Å². The van der Waals surface area contributed by atoms with Crippen LogP contribution in [0.25, 0.3) is 0 Å². The number of amides is 1. The van der Waals surface area contributed by atoms with Gasteiger partial charge < -0.3 is 5.73 Å². The molecule has 0 saturated heterocycles. The highest BCUT2D eigenvalue weighted by atomic mass is 32.2. The minimum Gasteiger partial charge on any atom is -0.369 e. The summed E-state index contributed by atoms with van der Waals surface area (Å²) in [6.45, 7) is 7.25. The summed E-state index contributed by atoms with van der Waals surface area (Å²) in [7, 11) is 0. The molecule has 0 aromatic carbocycles. The average molecular weight is 217 g/mol. The SMILES string of the molecule is CCC(CC)(S[C@H](C)C(N)=O)C(C)=O. The minimum absolute atomic E-state index is 0.126. The van der Waals surface area contributed by atoms with Crippen LogP contribution in [0.1, 0.15) is 40.5 Å². The Morgan fingerprint density at radius 2 is 1.79 bits per heavy atom. The summed E-state index contributed by atoms with van der Waals surface area (Å²) in [5, 5.41) is -0.307. The molecule has 0 rings (SSSR count). The zero-order chi connectivity index (χ0) is 11.4. The number of hydrogen-bond acceptors (Lipinski definition) is 3. The van der Waals surface area contributed by atoms with Gasteiger partial charge in [0.1, 0.15) is 5.78 Å². The van der Waals surface area contributed by atoms with Crippen molar-refractivity contribution in [2.24, 2.45) is 5.73 Å². The molecule has 0 aromatic heterocycles. The quantitative estimate of drug-likeness (QED) is 0.737. The van der Waals surface area contributed by atoms with Crippen LogP contribution in [0.5, 0.6) is 0 Å². The zero-order valence-corrected chi connectivity index (χ0v) is 10.1. The Balaban J connectivity index is 4.67. The molecular weight excluding hydrogens is 198 g/mol. The summed E-state index contributed by atoms with van der Waals surface area (Å²) in [5.74, 6) is -0.233. The molecule has 0 heterocycles. The van der Waals surface area contributed by atoms with Gasteiger partial charge in [0.25, 0.3) is 0 Å². The maximum atomic E-state index is 11.5. The summed E-state index contributed by atoms with van der Waals surface area (Å²) in [6.07, 6.45) is 1.47. The van der Waals surface area contributed by atoms with E-state index in [1.165, 1.54) is 11.8 Å². The first kappa shape index (κ1) is 13.5. The molecule has 1 amide bonds. The van der Waals surface area contributed by atoms with Gasteiger partial charge >= 0.3 is 0 Å². The average Bonchev–Trinajstić information content (AvgIpc) is 2.13. The minimum atomic E-state index is -0.436. The number of rotatable bonds is 6. The van der Waals surface area contributed by atoms with Crippen LogP contribution in [0.3, 0.4) is 0 Å². The second kappa shape index (κ2) is 5.39. The highest BCUT2D eigenvalue weighted by Gasteiger charge is 2.35. The summed E-state index contributed by atoms with van der Waals surface area (Å²) >= 11 is 1.38. The second-order valence-corrected chi connectivity index (χ2v) is 5.14. The first-order valence-electron chi connectivity index (χ1n) is 4.87. The number of carbonyl (C=O) groups excluding carboxylic acids is 2. The van der Waals surface area contributed by atoms with Gasteiger partial charge in [-0.15, -0.1) is 11.8 Å². The fraction of sp³-hybridized carbons (Fsp3) is 0.800. The molecule has 0 aliphatic heterocycles. The van der Waals surface area contributed by atoms with Crippen molar-refractivity contribution in [2.45, 2.75) is 50.5 Å². The molecule has 0 fully saturated rings. The Hall–Kier alpha value is -0.510. The van der Waals surface area contributed by atoms with E-state index < -0.39 is 4.75 Å². The number of thioether (sulfide) groups is 1. The lowest BCUT2D eigenvalue weighted by atomic mass is 9.98. The molecule has 0 spiro atoms. The predicted molar refractivity (Wildman–Crippen MR) is 60.2 cm³/mol. The van der Waals surface area contributed by atoms with Gasteiger partial charge in [-0.25, -0.2) is 0 Å². The summed E-state index contributed by atoms with van der Waals surface area (Å²) in [5.41, 5.74) is 5.18. The topological polar surface area (TPSA) is 60.2 Å². The highest BCUT2D eigenvalue weighted by molar-refractivity contribution is 8.02. The molecule has 82 valence electrons. The van der Waals surface area contributed by atoms with Crippen molar-refractivity contribution in [3.8, 4) is 0 Å². The number of primary amides is 1. The van der Waals surface area contributed by atoms with Crippen molar-refractivity contribution in [2.75, 3.05) is 0 Å². The van der Waals surface area contributed by atoms with Crippen molar-refractivity contribution in [1.82, 2.24) is 0 Å². The van der Waals surface area contributed by atoms with Crippen molar-refractivity contribution in [3.63, 3.8) is 0 Å². The Morgan fingerprint density at radius 1 is 1.36 bits per heavy atom. The summed E-state index contributed by atoms with van der Waals surface area (Å²) in [4.78, 5) is 22.4. The van der Waals surface area contributed by atoms with Crippen molar-refractivity contribution in [1.29, 1.82) is 0 Å². The monoisotopic (exact) mass is 217 g/mol. The van der Waals surface area contributed by atoms with Crippen molar-refractivity contribution >= 4 is 23.5 Å². The normalized spacial score (nSPS) is 13.7. The first-order chi connectivity index (χ1) is 6.39. The Morgan fingerprint density at radius 3 is 2.00 bits per heavy atom. The van der Waals surface area contributed by atoms with Crippen LogP contribution >= 0.6 is 11.8 Å². The fourth-order valence-electron chi connectivity index (χ4n) is 1.39. The fourth-order valence-corrected chi connectivity index (χ4v) is 2.69. The standard InChI is InChI=1S/C10H19NO2S/c1-5-10(6-2,8(4)12)14-7(3)9(11)13/h7H,5-6H2,1-4H3,(H2,11,13)/t7-/m1/s1.